The molecule has 1 nitrogen and oxygen atoms in total. The molecule has 1 aliphatic heterocycles. The van der Waals surface area contributed by atoms with E-state index in [9.17, 15) is 5.11 Å². The number of rotatable bonds is 0. The van der Waals surface area contributed by atoms with E-state index >= 15 is 0 Å². The first-order valence-corrected chi connectivity index (χ1v) is 4.96. The Morgan fingerprint density at radius 3 is 3.08 bits per heavy atom. The van der Waals surface area contributed by atoms with Crippen LogP contribution in [0.5, 0.6) is 0 Å². The molecule has 1 N–H and O–H groups in total. The van der Waals surface area contributed by atoms with Gasteiger partial charge in [0.15, 0.2) is 0 Å². The van der Waals surface area contributed by atoms with Crippen molar-refractivity contribution >= 4 is 23.4 Å². The number of aliphatic hydroxyl groups is 1. The van der Waals surface area contributed by atoms with Crippen molar-refractivity contribution in [2.24, 2.45) is 0 Å². The van der Waals surface area contributed by atoms with Crippen molar-refractivity contribution in [3.63, 3.8) is 0 Å². The lowest BCUT2D eigenvalue weighted by atomic mass is 10.1. The van der Waals surface area contributed by atoms with E-state index in [1.54, 1.807) is 0 Å². The lowest BCUT2D eigenvalue weighted by molar-refractivity contribution is 0.162. The van der Waals surface area contributed by atoms with Crippen LogP contribution in [0.15, 0.2) is 23.1 Å². The molecule has 0 bridgehead atoms. The number of hydrogen-bond acceptors (Lipinski definition) is 2. The van der Waals surface area contributed by atoms with Crippen LogP contribution in [0.2, 0.25) is 5.02 Å². The van der Waals surface area contributed by atoms with Gasteiger partial charge < -0.3 is 5.11 Å². The highest BCUT2D eigenvalue weighted by Gasteiger charge is 2.31. The highest BCUT2D eigenvalue weighted by Crippen LogP contribution is 2.43. The van der Waals surface area contributed by atoms with Crippen molar-refractivity contribution in [1.82, 2.24) is 0 Å². The van der Waals surface area contributed by atoms with Gasteiger partial charge in [-0.15, -0.1) is 0 Å². The van der Waals surface area contributed by atoms with Crippen molar-refractivity contribution in [2.45, 2.75) is 23.2 Å². The molecule has 1 aliphatic rings. The summed E-state index contributed by atoms with van der Waals surface area (Å²) in [6.07, 6.45) is 0.688. The van der Waals surface area contributed by atoms with Crippen LogP contribution in [0.4, 0.5) is 0 Å². The molecule has 1 aromatic carbocycles. The molecule has 64 valence electrons. The zero-order valence-electron chi connectivity index (χ0n) is 6.67. The standard InChI is InChI=1S/C9H9ClOS/c1-9(11)5-6-4-7(10)2-3-8(6)12-9/h2-4,11H,5H2,1H3. The summed E-state index contributed by atoms with van der Waals surface area (Å²) in [4.78, 5) is 0.497. The fraction of sp³-hybridized carbons (Fsp3) is 0.333. The van der Waals surface area contributed by atoms with E-state index < -0.39 is 4.93 Å². The zero-order chi connectivity index (χ0) is 8.77. The van der Waals surface area contributed by atoms with Gasteiger partial charge in [-0.05, 0) is 30.7 Å². The Labute approximate surface area is 80.7 Å². The maximum Gasteiger partial charge on any atom is 0.116 e. The smallest absolute Gasteiger partial charge is 0.116 e. The fourth-order valence-electron chi connectivity index (χ4n) is 1.41. The normalized spacial score (nSPS) is 27.2. The van der Waals surface area contributed by atoms with Gasteiger partial charge in [0.25, 0.3) is 0 Å². The predicted molar refractivity (Wildman–Crippen MR) is 51.6 cm³/mol. The number of benzene rings is 1. The van der Waals surface area contributed by atoms with Crippen LogP contribution in [-0.4, -0.2) is 10.0 Å². The molecule has 0 spiro atoms. The molecule has 1 aromatic rings. The molecule has 2 rings (SSSR count). The van der Waals surface area contributed by atoms with Crippen LogP contribution < -0.4 is 0 Å². The molecule has 1 heterocycles. The van der Waals surface area contributed by atoms with Gasteiger partial charge in [0, 0.05) is 16.3 Å². The summed E-state index contributed by atoms with van der Waals surface area (Å²) in [5, 5.41) is 10.5. The first kappa shape index (κ1) is 8.42. The molecular formula is C9H9ClOS. The third-order valence-electron chi connectivity index (χ3n) is 1.87. The molecule has 0 fully saturated rings. The quantitative estimate of drug-likeness (QED) is 0.695. The maximum absolute atomic E-state index is 9.73. The maximum atomic E-state index is 9.73. The van der Waals surface area contributed by atoms with Gasteiger partial charge >= 0.3 is 0 Å². The summed E-state index contributed by atoms with van der Waals surface area (Å²) in [5.74, 6) is 0. The van der Waals surface area contributed by atoms with Crippen LogP contribution in [0.3, 0.4) is 0 Å². The SMILES string of the molecule is CC1(O)Cc2cc(Cl)ccc2S1. The van der Waals surface area contributed by atoms with Gasteiger partial charge in [0.2, 0.25) is 0 Å². The average Bonchev–Trinajstić information content (AvgIpc) is 2.21. The monoisotopic (exact) mass is 200 g/mol. The second-order valence-electron chi connectivity index (χ2n) is 3.21. The molecule has 0 saturated carbocycles. The van der Waals surface area contributed by atoms with Crippen LogP contribution in [-0.2, 0) is 6.42 Å². The Hall–Kier alpha value is -0.180. The average molecular weight is 201 g/mol. The third-order valence-corrected chi connectivity index (χ3v) is 3.31. The van der Waals surface area contributed by atoms with E-state index in [1.807, 2.05) is 25.1 Å². The third kappa shape index (κ3) is 1.47. The highest BCUT2D eigenvalue weighted by molar-refractivity contribution is 8.00. The predicted octanol–water partition coefficient (Wildman–Crippen LogP) is 2.70. The van der Waals surface area contributed by atoms with Crippen LogP contribution in [0, 0.1) is 0 Å². The van der Waals surface area contributed by atoms with E-state index in [0.29, 0.717) is 6.42 Å². The first-order valence-electron chi connectivity index (χ1n) is 3.77. The summed E-state index contributed by atoms with van der Waals surface area (Å²) in [6.45, 7) is 1.82. The summed E-state index contributed by atoms with van der Waals surface area (Å²) in [5.41, 5.74) is 1.15. The highest BCUT2D eigenvalue weighted by atomic mass is 35.5. The second kappa shape index (κ2) is 2.66. The van der Waals surface area contributed by atoms with Gasteiger partial charge in [-0.2, -0.15) is 0 Å². The molecule has 0 radical (unpaired) electrons. The molecule has 1 atom stereocenters. The van der Waals surface area contributed by atoms with Gasteiger partial charge in [0.05, 0.1) is 0 Å². The van der Waals surface area contributed by atoms with E-state index in [1.165, 1.54) is 11.8 Å². The number of thioether (sulfide) groups is 1. The van der Waals surface area contributed by atoms with E-state index in [-0.39, 0.29) is 0 Å². The Kier molecular flexibility index (Phi) is 1.86. The largest absolute Gasteiger partial charge is 0.379 e. The van der Waals surface area contributed by atoms with Crippen molar-refractivity contribution in [1.29, 1.82) is 0 Å². The van der Waals surface area contributed by atoms with Crippen molar-refractivity contribution in [2.75, 3.05) is 0 Å². The van der Waals surface area contributed by atoms with Gasteiger partial charge in [0.1, 0.15) is 4.93 Å². The Balaban J connectivity index is 2.43. The summed E-state index contributed by atoms with van der Waals surface area (Å²) < 4.78 is 0. The number of fused-ring (bicyclic) bond motifs is 1. The Morgan fingerprint density at radius 1 is 1.58 bits per heavy atom. The molecule has 0 aromatic heterocycles. The summed E-state index contributed by atoms with van der Waals surface area (Å²) in [6, 6.07) is 5.74. The molecule has 3 heteroatoms. The van der Waals surface area contributed by atoms with Crippen molar-refractivity contribution < 1.29 is 5.11 Å². The summed E-state index contributed by atoms with van der Waals surface area (Å²) >= 11 is 7.32. The van der Waals surface area contributed by atoms with Crippen LogP contribution in [0.1, 0.15) is 12.5 Å². The number of halogens is 1. The molecule has 0 amide bonds. The van der Waals surface area contributed by atoms with Gasteiger partial charge in [-0.3, -0.25) is 0 Å². The van der Waals surface area contributed by atoms with E-state index in [0.717, 1.165) is 15.5 Å². The van der Waals surface area contributed by atoms with Gasteiger partial charge in [-0.1, -0.05) is 23.4 Å². The first-order chi connectivity index (χ1) is 5.57. The minimum absolute atomic E-state index is 0.646. The van der Waals surface area contributed by atoms with E-state index in [4.69, 9.17) is 11.6 Å². The van der Waals surface area contributed by atoms with Gasteiger partial charge in [-0.25, -0.2) is 0 Å². The molecule has 0 saturated heterocycles. The van der Waals surface area contributed by atoms with E-state index in [2.05, 4.69) is 0 Å². The minimum Gasteiger partial charge on any atom is -0.379 e. The zero-order valence-corrected chi connectivity index (χ0v) is 8.25. The Morgan fingerprint density at radius 2 is 2.33 bits per heavy atom. The second-order valence-corrected chi connectivity index (χ2v) is 5.17. The lowest BCUT2D eigenvalue weighted by Crippen LogP contribution is -2.16. The molecule has 0 aliphatic carbocycles. The van der Waals surface area contributed by atoms with Crippen molar-refractivity contribution in [3.05, 3.63) is 28.8 Å². The molecule has 12 heavy (non-hydrogen) atoms. The summed E-state index contributed by atoms with van der Waals surface area (Å²) in [7, 11) is 0. The topological polar surface area (TPSA) is 20.2 Å². The van der Waals surface area contributed by atoms with Crippen LogP contribution in [0.25, 0.3) is 0 Å². The van der Waals surface area contributed by atoms with Crippen molar-refractivity contribution in [3.8, 4) is 0 Å². The van der Waals surface area contributed by atoms with Crippen LogP contribution >= 0.6 is 23.4 Å². The molecular weight excluding hydrogens is 192 g/mol. The molecule has 1 unspecified atom stereocenters. The lowest BCUT2D eigenvalue weighted by Gasteiger charge is -2.12. The fourth-order valence-corrected chi connectivity index (χ4v) is 2.71. The number of hydrogen-bond donors (Lipinski definition) is 1. The Bertz CT molecular complexity index is 322. The minimum atomic E-state index is -0.646.